The number of para-hydroxylation sites is 2. The maximum atomic E-state index is 7.35. The number of pyridine rings is 2. The van der Waals surface area contributed by atoms with Gasteiger partial charge >= 0.3 is 0 Å². The Morgan fingerprint density at radius 3 is 2.00 bits per heavy atom. The first kappa shape index (κ1) is 39.6. The molecule has 0 atom stereocenters. The van der Waals surface area contributed by atoms with Crippen LogP contribution in [0.1, 0.15) is 41.7 Å². The summed E-state index contributed by atoms with van der Waals surface area (Å²) in [6.45, 7) is 13.6. The molecular formula is C56H50IrN4OSi-2. The average molecular weight is 1020 g/mol. The molecule has 6 aromatic carbocycles. The van der Waals surface area contributed by atoms with E-state index < -0.39 is 14.9 Å². The van der Waals surface area contributed by atoms with Crippen molar-refractivity contribution in [2.75, 3.05) is 0 Å². The first-order valence-electron chi connectivity index (χ1n) is 22.5. The number of imidazole rings is 1. The minimum atomic E-state index is -2.08. The molecule has 0 N–H and O–H groups in total. The zero-order valence-electron chi connectivity index (χ0n) is 39.5. The zero-order chi connectivity index (χ0) is 45.7. The molecule has 0 saturated heterocycles. The molecule has 5 nitrogen and oxygen atoms in total. The summed E-state index contributed by atoms with van der Waals surface area (Å²) >= 11 is 0. The van der Waals surface area contributed by atoms with Crippen LogP contribution < -0.4 is 5.19 Å². The fourth-order valence-corrected chi connectivity index (χ4v) is 8.90. The third-order valence-corrected chi connectivity index (χ3v) is 13.3. The molecule has 0 saturated carbocycles. The topological polar surface area (TPSA) is 56.7 Å². The van der Waals surface area contributed by atoms with Crippen molar-refractivity contribution < 1.29 is 28.6 Å². The molecule has 0 spiro atoms. The normalized spacial score (nSPS) is 12.6. The van der Waals surface area contributed by atoms with Gasteiger partial charge in [-0.3, -0.25) is 4.98 Å². The van der Waals surface area contributed by atoms with Gasteiger partial charge in [-0.1, -0.05) is 143 Å². The molecule has 0 aliphatic heterocycles. The van der Waals surface area contributed by atoms with E-state index in [1.165, 1.54) is 16.8 Å². The standard InChI is InChI=1S/C41H32N3O.C15H18NSi.Ir/c1-26-22-23-31-30-18-13-19-32(38(30)45-40(31)42-26)39-43-35-20-11-12-21-36(35)44(39)37-33(27-14-7-5-8-15-27)24-29(41(2,3)4)25-34(37)28-16-9-6-10-17-28;1-12-5-7-13(8-6-12)15-10-9-14(11-16-15)17(2,3)4;/h5-18,20-25H,1-4H3;5-7,9-11H,1-4H3;/q2*-1;/i;1D3;. The Bertz CT molecular complexity index is 3200. The molecule has 0 aliphatic carbocycles. The van der Waals surface area contributed by atoms with E-state index in [0.717, 1.165) is 83.7 Å². The molecule has 315 valence electrons. The maximum Gasteiger partial charge on any atom is 0.216 e. The van der Waals surface area contributed by atoms with Crippen molar-refractivity contribution in [1.29, 1.82) is 0 Å². The van der Waals surface area contributed by atoms with Crippen molar-refractivity contribution in [3.63, 3.8) is 0 Å². The Labute approximate surface area is 389 Å². The van der Waals surface area contributed by atoms with Gasteiger partial charge in [0.05, 0.1) is 36.2 Å². The molecule has 4 heterocycles. The van der Waals surface area contributed by atoms with E-state index in [1.54, 1.807) is 12.1 Å². The number of hydrogen-bond donors (Lipinski definition) is 0. The van der Waals surface area contributed by atoms with Gasteiger partial charge in [0.15, 0.2) is 0 Å². The fourth-order valence-electron chi connectivity index (χ4n) is 7.87. The van der Waals surface area contributed by atoms with Crippen LogP contribution in [0.3, 0.4) is 0 Å². The van der Waals surface area contributed by atoms with E-state index in [9.17, 15) is 0 Å². The van der Waals surface area contributed by atoms with E-state index in [0.29, 0.717) is 11.3 Å². The van der Waals surface area contributed by atoms with Gasteiger partial charge < -0.3 is 14.0 Å². The number of aromatic nitrogens is 4. The number of fused-ring (bicyclic) bond motifs is 4. The maximum absolute atomic E-state index is 7.35. The smallest absolute Gasteiger partial charge is 0.216 e. The Balaban J connectivity index is 0.000000238. The summed E-state index contributed by atoms with van der Waals surface area (Å²) in [4.78, 5) is 14.5. The molecular weight excluding hydrogens is 965 g/mol. The number of nitrogens with zero attached hydrogens (tertiary/aromatic N) is 4. The third kappa shape index (κ3) is 8.74. The average Bonchev–Trinajstić information content (AvgIpc) is 3.87. The van der Waals surface area contributed by atoms with Crippen LogP contribution in [0.5, 0.6) is 0 Å². The van der Waals surface area contributed by atoms with Crippen LogP contribution in [-0.2, 0) is 25.5 Å². The van der Waals surface area contributed by atoms with E-state index in [-0.39, 0.29) is 25.5 Å². The van der Waals surface area contributed by atoms with Gasteiger partial charge in [0, 0.05) is 52.6 Å². The molecule has 4 aromatic heterocycles. The zero-order valence-corrected chi connectivity index (χ0v) is 39.9. The molecule has 0 amide bonds. The van der Waals surface area contributed by atoms with Gasteiger partial charge in [-0.2, -0.15) is 0 Å². The van der Waals surface area contributed by atoms with Crippen LogP contribution in [0.2, 0.25) is 19.6 Å². The molecule has 0 bridgehead atoms. The second-order valence-electron chi connectivity index (χ2n) is 17.8. The summed E-state index contributed by atoms with van der Waals surface area (Å²) in [6.07, 6.45) is 1.92. The summed E-state index contributed by atoms with van der Waals surface area (Å²) in [5, 5.41) is 3.29. The van der Waals surface area contributed by atoms with Crippen molar-refractivity contribution in [3.05, 3.63) is 187 Å². The van der Waals surface area contributed by atoms with Crippen molar-refractivity contribution in [1.82, 2.24) is 19.5 Å². The SMILES string of the molecule is Cc1ccc2c(n1)oc1c(-c3nc4ccccc4n3-c3c(-c4ccccc4)cc(C(C)(C)C)cc3-c3ccccc3)[c-]ccc12.[2H]C([2H])([2H])c1c[c-]c(-c2ccc([Si](C)(C)C)cn2)cc1.[Ir]. The van der Waals surface area contributed by atoms with Gasteiger partial charge in [-0.25, -0.2) is 4.98 Å². The molecule has 0 unspecified atom stereocenters. The van der Waals surface area contributed by atoms with Crippen LogP contribution in [0.25, 0.3) is 83.7 Å². The number of hydrogen-bond acceptors (Lipinski definition) is 4. The number of furan rings is 1. The molecule has 7 heteroatoms. The van der Waals surface area contributed by atoms with E-state index in [2.05, 4.69) is 171 Å². The van der Waals surface area contributed by atoms with Gasteiger partial charge in [-0.05, 0) is 76.3 Å². The van der Waals surface area contributed by atoms with Crippen molar-refractivity contribution in [2.45, 2.75) is 59.6 Å². The Morgan fingerprint density at radius 2 is 1.40 bits per heavy atom. The van der Waals surface area contributed by atoms with Crippen LogP contribution in [0.4, 0.5) is 0 Å². The summed E-state index contributed by atoms with van der Waals surface area (Å²) < 4.78 is 30.9. The summed E-state index contributed by atoms with van der Waals surface area (Å²) in [5.74, 6) is 0.774. The quantitative estimate of drug-likeness (QED) is 0.123. The van der Waals surface area contributed by atoms with E-state index >= 15 is 0 Å². The Kier molecular flexibility index (Phi) is 11.0. The number of benzene rings is 6. The number of rotatable bonds is 6. The van der Waals surface area contributed by atoms with Crippen LogP contribution in [0, 0.1) is 25.9 Å². The van der Waals surface area contributed by atoms with E-state index in [1.807, 2.05) is 37.4 Å². The van der Waals surface area contributed by atoms with Crippen molar-refractivity contribution >= 4 is 46.4 Å². The van der Waals surface area contributed by atoms with Crippen LogP contribution >= 0.6 is 0 Å². The van der Waals surface area contributed by atoms with Crippen LogP contribution in [0.15, 0.2) is 162 Å². The van der Waals surface area contributed by atoms with Gasteiger partial charge in [0.25, 0.3) is 0 Å². The molecule has 63 heavy (non-hydrogen) atoms. The van der Waals surface area contributed by atoms with Crippen LogP contribution in [-0.4, -0.2) is 27.6 Å². The molecule has 1 radical (unpaired) electrons. The van der Waals surface area contributed by atoms with Gasteiger partial charge in [0.1, 0.15) is 0 Å². The molecule has 0 aliphatic rings. The van der Waals surface area contributed by atoms with Gasteiger partial charge in [-0.15, -0.1) is 53.6 Å². The predicted octanol–water partition coefficient (Wildman–Crippen LogP) is 14.1. The van der Waals surface area contributed by atoms with Crippen molar-refractivity contribution in [3.8, 4) is 50.6 Å². The number of aryl methyl sites for hydroxylation is 2. The van der Waals surface area contributed by atoms with Gasteiger partial charge in [0.2, 0.25) is 5.71 Å². The first-order chi connectivity index (χ1) is 31.0. The van der Waals surface area contributed by atoms with E-state index in [4.69, 9.17) is 18.5 Å². The molecule has 10 rings (SSSR count). The Hall–Kier alpha value is -6.24. The summed E-state index contributed by atoms with van der Waals surface area (Å²) in [7, 11) is -1.34. The molecule has 10 aromatic rings. The first-order valence-corrected chi connectivity index (χ1v) is 24.5. The minimum absolute atomic E-state index is 0. The Morgan fingerprint density at radius 1 is 0.714 bits per heavy atom. The fraction of sp³-hybridized carbons (Fsp3) is 0.161. The third-order valence-electron chi connectivity index (χ3n) is 11.3. The second kappa shape index (κ2) is 17.5. The predicted molar refractivity (Wildman–Crippen MR) is 261 cm³/mol. The summed E-state index contributed by atoms with van der Waals surface area (Å²) in [6, 6.07) is 58.1. The van der Waals surface area contributed by atoms with Crippen molar-refractivity contribution in [2.24, 2.45) is 0 Å². The second-order valence-corrected chi connectivity index (χ2v) is 22.9. The largest absolute Gasteiger partial charge is 0.486 e. The monoisotopic (exact) mass is 1020 g/mol. The molecule has 0 fully saturated rings. The summed E-state index contributed by atoms with van der Waals surface area (Å²) in [5.41, 5.74) is 13.8. The minimum Gasteiger partial charge on any atom is -0.486 e.